The molecular weight excluding hydrogens is 256 g/mol. The number of aromatic nitrogens is 4. The Labute approximate surface area is 111 Å². The fourth-order valence-corrected chi connectivity index (χ4v) is 2.75. The summed E-state index contributed by atoms with van der Waals surface area (Å²) in [6, 6.07) is 0. The number of piperidine rings is 1. The van der Waals surface area contributed by atoms with E-state index in [-0.39, 0.29) is 24.9 Å². The minimum Gasteiger partial charge on any atom is -0.341 e. The number of nitrogens with one attached hydrogen (secondary N) is 1. The second-order valence-corrected chi connectivity index (χ2v) is 4.81. The number of fused-ring (bicyclic) bond motifs is 1. The van der Waals surface area contributed by atoms with Gasteiger partial charge in [0.1, 0.15) is 12.9 Å². The highest BCUT2D eigenvalue weighted by molar-refractivity contribution is 5.85. The van der Waals surface area contributed by atoms with E-state index in [4.69, 9.17) is 0 Å². The summed E-state index contributed by atoms with van der Waals surface area (Å²) in [6.07, 6.45) is 2.58. The van der Waals surface area contributed by atoms with Gasteiger partial charge in [-0.15, -0.1) is 17.5 Å². The Morgan fingerprint density at radius 3 is 3.00 bits per heavy atom. The molecule has 0 bridgehead atoms. The van der Waals surface area contributed by atoms with Crippen molar-refractivity contribution in [3.8, 4) is 0 Å². The van der Waals surface area contributed by atoms with E-state index in [0.717, 1.165) is 38.5 Å². The van der Waals surface area contributed by atoms with Gasteiger partial charge in [0.25, 0.3) is 0 Å². The average Bonchev–Trinajstić information content (AvgIpc) is 2.97. The molecule has 3 heterocycles. The van der Waals surface area contributed by atoms with Gasteiger partial charge in [-0.05, 0) is 41.8 Å². The molecule has 7 nitrogen and oxygen atoms in total. The third-order valence-corrected chi connectivity index (χ3v) is 3.75. The van der Waals surface area contributed by atoms with Gasteiger partial charge in [0, 0.05) is 13.1 Å². The fourth-order valence-electron chi connectivity index (χ4n) is 2.75. The monoisotopic (exact) mass is 272 g/mol. The van der Waals surface area contributed by atoms with Crippen molar-refractivity contribution < 1.29 is 4.79 Å². The first-order valence-corrected chi connectivity index (χ1v) is 6.02. The lowest BCUT2D eigenvalue weighted by atomic mass is 9.89. The van der Waals surface area contributed by atoms with Crippen LogP contribution in [0, 0.1) is 11.8 Å². The highest BCUT2D eigenvalue weighted by Crippen LogP contribution is 2.26. The van der Waals surface area contributed by atoms with Gasteiger partial charge in [0.15, 0.2) is 0 Å². The third kappa shape index (κ3) is 2.62. The second-order valence-electron chi connectivity index (χ2n) is 4.81. The lowest BCUT2D eigenvalue weighted by molar-refractivity contribution is -0.134. The number of tetrazole rings is 1. The van der Waals surface area contributed by atoms with Crippen molar-refractivity contribution in [3.05, 3.63) is 6.33 Å². The average molecular weight is 273 g/mol. The minimum absolute atomic E-state index is 0. The highest BCUT2D eigenvalue weighted by Gasteiger charge is 2.34. The predicted molar refractivity (Wildman–Crippen MR) is 66.1 cm³/mol. The Balaban J connectivity index is 0.00000120. The molecule has 2 saturated heterocycles. The van der Waals surface area contributed by atoms with E-state index in [1.165, 1.54) is 11.0 Å². The van der Waals surface area contributed by atoms with Crippen LogP contribution in [0.1, 0.15) is 6.42 Å². The SMILES string of the molecule is Cl.O=C(Cn1cnnn1)N1CCC2CNCC2C1. The van der Waals surface area contributed by atoms with Crippen LogP contribution in [-0.4, -0.2) is 57.2 Å². The fraction of sp³-hybridized carbons (Fsp3) is 0.800. The first kappa shape index (κ1) is 13.2. The lowest BCUT2D eigenvalue weighted by Gasteiger charge is -2.34. The van der Waals surface area contributed by atoms with Crippen LogP contribution in [0.3, 0.4) is 0 Å². The molecule has 8 heteroatoms. The van der Waals surface area contributed by atoms with Crippen molar-refractivity contribution in [2.75, 3.05) is 26.2 Å². The summed E-state index contributed by atoms with van der Waals surface area (Å²) < 4.78 is 1.47. The number of carbonyl (C=O) groups excluding carboxylic acids is 1. The Bertz CT molecular complexity index is 397. The zero-order valence-corrected chi connectivity index (χ0v) is 10.8. The van der Waals surface area contributed by atoms with Gasteiger partial charge in [0.2, 0.25) is 5.91 Å². The van der Waals surface area contributed by atoms with E-state index in [1.807, 2.05) is 4.90 Å². The van der Waals surface area contributed by atoms with Gasteiger partial charge < -0.3 is 10.2 Å². The minimum atomic E-state index is 0. The van der Waals surface area contributed by atoms with Crippen molar-refractivity contribution in [2.45, 2.75) is 13.0 Å². The molecule has 2 fully saturated rings. The van der Waals surface area contributed by atoms with E-state index in [2.05, 4.69) is 20.8 Å². The van der Waals surface area contributed by atoms with Gasteiger partial charge in [-0.3, -0.25) is 4.79 Å². The number of hydrogen-bond donors (Lipinski definition) is 1. The van der Waals surface area contributed by atoms with Crippen LogP contribution in [0.5, 0.6) is 0 Å². The molecule has 0 saturated carbocycles. The van der Waals surface area contributed by atoms with Crippen molar-refractivity contribution >= 4 is 18.3 Å². The van der Waals surface area contributed by atoms with Crippen molar-refractivity contribution in [2.24, 2.45) is 11.8 Å². The summed E-state index contributed by atoms with van der Waals surface area (Å²) >= 11 is 0. The molecule has 0 radical (unpaired) electrons. The molecule has 2 aliphatic rings. The van der Waals surface area contributed by atoms with Crippen LogP contribution >= 0.6 is 12.4 Å². The van der Waals surface area contributed by atoms with Gasteiger partial charge in [-0.25, -0.2) is 4.68 Å². The zero-order chi connectivity index (χ0) is 11.7. The quantitative estimate of drug-likeness (QED) is 0.760. The molecule has 0 aromatic carbocycles. The molecule has 3 rings (SSSR count). The van der Waals surface area contributed by atoms with E-state index < -0.39 is 0 Å². The zero-order valence-electron chi connectivity index (χ0n) is 10.0. The molecule has 2 unspecified atom stereocenters. The van der Waals surface area contributed by atoms with Crippen LogP contribution in [-0.2, 0) is 11.3 Å². The third-order valence-electron chi connectivity index (χ3n) is 3.75. The first-order chi connectivity index (χ1) is 8.33. The smallest absolute Gasteiger partial charge is 0.244 e. The molecule has 2 atom stereocenters. The Kier molecular flexibility index (Phi) is 4.13. The Morgan fingerprint density at radius 1 is 1.39 bits per heavy atom. The maximum atomic E-state index is 12.0. The number of carbonyl (C=O) groups is 1. The molecule has 1 N–H and O–H groups in total. The Hall–Kier alpha value is -1.21. The summed E-state index contributed by atoms with van der Waals surface area (Å²) in [5.41, 5.74) is 0. The summed E-state index contributed by atoms with van der Waals surface area (Å²) in [5, 5.41) is 14.2. The van der Waals surface area contributed by atoms with Gasteiger partial charge in [-0.2, -0.15) is 0 Å². The van der Waals surface area contributed by atoms with Crippen LogP contribution in [0.25, 0.3) is 0 Å². The Morgan fingerprint density at radius 2 is 2.22 bits per heavy atom. The predicted octanol–water partition coefficient (Wildman–Crippen LogP) is -0.837. The summed E-state index contributed by atoms with van der Waals surface area (Å²) in [4.78, 5) is 14.0. The molecule has 2 aliphatic heterocycles. The van der Waals surface area contributed by atoms with Gasteiger partial charge >= 0.3 is 0 Å². The number of likely N-dealkylation sites (tertiary alicyclic amines) is 1. The van der Waals surface area contributed by atoms with Crippen LogP contribution < -0.4 is 5.32 Å². The van der Waals surface area contributed by atoms with Crippen molar-refractivity contribution in [1.29, 1.82) is 0 Å². The summed E-state index contributed by atoms with van der Waals surface area (Å²) in [5.74, 6) is 1.50. The number of rotatable bonds is 2. The van der Waals surface area contributed by atoms with Crippen LogP contribution in [0.4, 0.5) is 0 Å². The van der Waals surface area contributed by atoms with Gasteiger partial charge in [0.05, 0.1) is 0 Å². The van der Waals surface area contributed by atoms with E-state index >= 15 is 0 Å². The molecule has 0 spiro atoms. The number of nitrogens with zero attached hydrogens (tertiary/aromatic N) is 5. The standard InChI is InChI=1S/C10H16N6O.ClH/c17-10(6-16-7-12-13-14-16)15-2-1-8-3-11-4-9(8)5-15;/h7-9,11H,1-6H2;1H. The van der Waals surface area contributed by atoms with Crippen LogP contribution in [0.2, 0.25) is 0 Å². The molecule has 1 aromatic rings. The number of amides is 1. The first-order valence-electron chi connectivity index (χ1n) is 6.02. The topological polar surface area (TPSA) is 75.9 Å². The highest BCUT2D eigenvalue weighted by atomic mass is 35.5. The number of hydrogen-bond acceptors (Lipinski definition) is 5. The molecule has 0 aliphatic carbocycles. The van der Waals surface area contributed by atoms with Gasteiger partial charge in [-0.1, -0.05) is 0 Å². The maximum Gasteiger partial charge on any atom is 0.244 e. The molecule has 100 valence electrons. The molecular formula is C10H17ClN6O. The number of halogens is 1. The maximum absolute atomic E-state index is 12.0. The largest absolute Gasteiger partial charge is 0.341 e. The second kappa shape index (κ2) is 5.62. The van der Waals surface area contributed by atoms with Crippen molar-refractivity contribution in [3.63, 3.8) is 0 Å². The normalized spacial score (nSPS) is 26.6. The molecule has 1 amide bonds. The molecule has 18 heavy (non-hydrogen) atoms. The summed E-state index contributed by atoms with van der Waals surface area (Å²) in [6.45, 7) is 4.14. The van der Waals surface area contributed by atoms with E-state index in [1.54, 1.807) is 0 Å². The van der Waals surface area contributed by atoms with Crippen LogP contribution in [0.15, 0.2) is 6.33 Å². The van der Waals surface area contributed by atoms with E-state index in [0.29, 0.717) is 5.92 Å². The summed E-state index contributed by atoms with van der Waals surface area (Å²) in [7, 11) is 0. The molecule has 1 aromatic heterocycles. The van der Waals surface area contributed by atoms with E-state index in [9.17, 15) is 4.79 Å². The lowest BCUT2D eigenvalue weighted by Crippen LogP contribution is -2.44. The van der Waals surface area contributed by atoms with Crippen molar-refractivity contribution in [1.82, 2.24) is 30.4 Å².